The number of hydrogen-bond acceptors (Lipinski definition) is 9. The van der Waals surface area contributed by atoms with Crippen molar-refractivity contribution in [3.63, 3.8) is 0 Å². The van der Waals surface area contributed by atoms with Crippen LogP contribution in [-0.4, -0.2) is 92.3 Å². The number of phenolic OH excluding ortho intramolecular Hbond substituents is 1. The van der Waals surface area contributed by atoms with Crippen molar-refractivity contribution in [2.75, 3.05) is 39.3 Å². The Morgan fingerprint density at radius 1 is 0.746 bits per heavy atom. The van der Waals surface area contributed by atoms with Crippen LogP contribution in [0.25, 0.3) is 10.9 Å². The highest BCUT2D eigenvalue weighted by atomic mass is 16.5. The fourth-order valence-electron chi connectivity index (χ4n) is 7.24. The number of aliphatic hydroxyl groups excluding tert-OH is 1. The van der Waals surface area contributed by atoms with E-state index < -0.39 is 17.7 Å². The van der Waals surface area contributed by atoms with Gasteiger partial charge in [0.05, 0.1) is 11.6 Å². The van der Waals surface area contributed by atoms with Gasteiger partial charge in [-0.25, -0.2) is 4.79 Å². The number of pyridine rings is 1. The van der Waals surface area contributed by atoms with Crippen LogP contribution in [0.3, 0.4) is 0 Å². The summed E-state index contributed by atoms with van der Waals surface area (Å²) in [6, 6.07) is 35.0. The number of fused-ring (bicyclic) bond motifs is 1. The minimum atomic E-state index is -2.25. The van der Waals surface area contributed by atoms with Gasteiger partial charge in [-0.1, -0.05) is 72.8 Å². The molecule has 1 saturated heterocycles. The summed E-state index contributed by atoms with van der Waals surface area (Å²) in [5, 5.41) is 45.9. The SMILES string of the molecule is O=C(c1ccc(CCNC[C@H](O)c2ccc(O)c3[nH]c(=O)ccc23)cc1)N1CCN(C(=O)c2ccc(COc3cccc([C@](O)(C(=O)O)c4ccccc4)c3)cc2)CC1. The Morgan fingerprint density at radius 3 is 1.98 bits per heavy atom. The molecule has 1 aliphatic rings. The minimum absolute atomic E-state index is 0.0624. The predicted octanol–water partition coefficient (Wildman–Crippen LogP) is 4.60. The van der Waals surface area contributed by atoms with E-state index in [1.165, 1.54) is 24.3 Å². The Kier molecular flexibility index (Phi) is 12.2. The molecular formula is C46H44N4O9. The number of aliphatic hydroxyl groups is 2. The Labute approximate surface area is 339 Å². The maximum Gasteiger partial charge on any atom is 0.345 e. The van der Waals surface area contributed by atoms with Gasteiger partial charge in [-0.05, 0) is 83.8 Å². The summed E-state index contributed by atoms with van der Waals surface area (Å²) in [6.45, 7) is 2.59. The fraction of sp³-hybridized carbons (Fsp3) is 0.217. The number of benzene rings is 5. The Bertz CT molecular complexity index is 2500. The van der Waals surface area contributed by atoms with E-state index in [0.29, 0.717) is 67.0 Å². The number of nitrogens with one attached hydrogen (secondary N) is 2. The molecule has 6 aromatic rings. The van der Waals surface area contributed by atoms with Crippen molar-refractivity contribution in [2.24, 2.45) is 0 Å². The number of aromatic hydroxyl groups is 1. The maximum absolute atomic E-state index is 13.4. The molecule has 302 valence electrons. The average molecular weight is 797 g/mol. The van der Waals surface area contributed by atoms with E-state index >= 15 is 0 Å². The molecule has 2 atom stereocenters. The second kappa shape index (κ2) is 17.8. The zero-order valence-electron chi connectivity index (χ0n) is 32.1. The van der Waals surface area contributed by atoms with E-state index in [0.717, 1.165) is 11.1 Å². The number of carboxylic acids is 1. The van der Waals surface area contributed by atoms with E-state index in [9.17, 15) is 39.6 Å². The molecule has 13 nitrogen and oxygen atoms in total. The summed E-state index contributed by atoms with van der Waals surface area (Å²) in [7, 11) is 0. The number of carboxylic acid groups (broad SMARTS) is 1. The number of ether oxygens (including phenoxy) is 1. The largest absolute Gasteiger partial charge is 0.506 e. The number of hydrogen-bond donors (Lipinski definition) is 6. The fourth-order valence-corrected chi connectivity index (χ4v) is 7.24. The maximum atomic E-state index is 13.4. The van der Waals surface area contributed by atoms with Crippen LogP contribution in [0.5, 0.6) is 11.5 Å². The number of amides is 2. The lowest BCUT2D eigenvalue weighted by Gasteiger charge is -2.35. The summed E-state index contributed by atoms with van der Waals surface area (Å²) < 4.78 is 5.94. The third-order valence-corrected chi connectivity index (χ3v) is 10.6. The van der Waals surface area contributed by atoms with Crippen LogP contribution in [0, 0.1) is 0 Å². The van der Waals surface area contributed by atoms with Crippen LogP contribution >= 0.6 is 0 Å². The van der Waals surface area contributed by atoms with E-state index in [-0.39, 0.29) is 52.9 Å². The van der Waals surface area contributed by atoms with Crippen molar-refractivity contribution in [2.45, 2.75) is 24.7 Å². The second-order valence-corrected chi connectivity index (χ2v) is 14.4. The molecule has 0 aliphatic carbocycles. The number of aromatic amines is 1. The minimum Gasteiger partial charge on any atom is -0.506 e. The monoisotopic (exact) mass is 796 g/mol. The molecule has 0 unspecified atom stereocenters. The predicted molar refractivity (Wildman–Crippen MR) is 220 cm³/mol. The van der Waals surface area contributed by atoms with Crippen molar-refractivity contribution in [1.29, 1.82) is 0 Å². The third-order valence-electron chi connectivity index (χ3n) is 10.6. The molecular weight excluding hydrogens is 753 g/mol. The van der Waals surface area contributed by atoms with Crippen molar-refractivity contribution < 1.29 is 39.5 Å². The lowest BCUT2D eigenvalue weighted by atomic mass is 9.86. The molecule has 5 aromatic carbocycles. The molecule has 0 bridgehead atoms. The van der Waals surface area contributed by atoms with Gasteiger partial charge >= 0.3 is 5.97 Å². The molecule has 0 spiro atoms. The first kappa shape index (κ1) is 40.4. The van der Waals surface area contributed by atoms with Crippen LogP contribution in [0.1, 0.15) is 54.6 Å². The summed E-state index contributed by atoms with van der Waals surface area (Å²) in [5.41, 5.74) is 1.56. The quantitative estimate of drug-likeness (QED) is 0.0850. The van der Waals surface area contributed by atoms with Gasteiger partial charge in [-0.3, -0.25) is 14.4 Å². The van der Waals surface area contributed by atoms with Crippen molar-refractivity contribution in [3.8, 4) is 11.5 Å². The number of piperazine rings is 1. The Morgan fingerprint density at radius 2 is 1.36 bits per heavy atom. The number of aromatic nitrogens is 1. The van der Waals surface area contributed by atoms with E-state index in [4.69, 9.17) is 4.74 Å². The first-order valence-corrected chi connectivity index (χ1v) is 19.3. The smallest absolute Gasteiger partial charge is 0.345 e. The second-order valence-electron chi connectivity index (χ2n) is 14.4. The molecule has 2 heterocycles. The van der Waals surface area contributed by atoms with Crippen molar-refractivity contribution in [3.05, 3.63) is 177 Å². The van der Waals surface area contributed by atoms with E-state index in [1.807, 2.05) is 12.1 Å². The third kappa shape index (κ3) is 9.02. The Hall–Kier alpha value is -6.80. The molecule has 0 radical (unpaired) electrons. The van der Waals surface area contributed by atoms with Gasteiger partial charge in [0, 0.05) is 60.9 Å². The van der Waals surface area contributed by atoms with Crippen LogP contribution < -0.4 is 15.6 Å². The van der Waals surface area contributed by atoms with Gasteiger partial charge in [0.15, 0.2) is 0 Å². The number of phenols is 1. The van der Waals surface area contributed by atoms with Crippen molar-refractivity contribution in [1.82, 2.24) is 20.1 Å². The molecule has 59 heavy (non-hydrogen) atoms. The number of aliphatic carboxylic acids is 1. The van der Waals surface area contributed by atoms with Gasteiger partial charge in [0.25, 0.3) is 11.8 Å². The molecule has 2 amide bonds. The highest BCUT2D eigenvalue weighted by Gasteiger charge is 2.40. The average Bonchev–Trinajstić information content (AvgIpc) is 3.27. The summed E-state index contributed by atoms with van der Waals surface area (Å²) >= 11 is 0. The topological polar surface area (TPSA) is 193 Å². The van der Waals surface area contributed by atoms with Gasteiger partial charge in [-0.2, -0.15) is 0 Å². The molecule has 1 aliphatic heterocycles. The summed E-state index contributed by atoms with van der Waals surface area (Å²) in [6.07, 6.45) is -0.189. The highest BCUT2D eigenvalue weighted by molar-refractivity contribution is 5.96. The van der Waals surface area contributed by atoms with Crippen molar-refractivity contribution >= 4 is 28.7 Å². The van der Waals surface area contributed by atoms with Crippen LogP contribution in [0.4, 0.5) is 0 Å². The number of H-pyrrole nitrogens is 1. The first-order chi connectivity index (χ1) is 28.5. The van der Waals surface area contributed by atoms with Crippen LogP contribution in [-0.2, 0) is 23.4 Å². The van der Waals surface area contributed by atoms with Crippen LogP contribution in [0.15, 0.2) is 132 Å². The lowest BCUT2D eigenvalue weighted by Crippen LogP contribution is -2.50. The molecule has 1 fully saturated rings. The molecule has 7 rings (SSSR count). The molecule has 6 N–H and O–H groups in total. The van der Waals surface area contributed by atoms with Gasteiger partial charge in [0.2, 0.25) is 11.2 Å². The van der Waals surface area contributed by atoms with Gasteiger partial charge < -0.3 is 45.3 Å². The lowest BCUT2D eigenvalue weighted by molar-refractivity contribution is -0.155. The first-order valence-electron chi connectivity index (χ1n) is 19.3. The number of rotatable bonds is 14. The normalized spacial score (nSPS) is 14.4. The molecule has 0 saturated carbocycles. The van der Waals surface area contributed by atoms with Crippen LogP contribution in [0.2, 0.25) is 0 Å². The summed E-state index contributed by atoms with van der Waals surface area (Å²) in [4.78, 5) is 56.6. The zero-order valence-corrected chi connectivity index (χ0v) is 32.1. The van der Waals surface area contributed by atoms with E-state index in [2.05, 4.69) is 10.3 Å². The molecule has 13 heteroatoms. The molecule has 1 aromatic heterocycles. The number of carbonyl (C=O) groups is 3. The zero-order chi connectivity index (χ0) is 41.5. The number of nitrogens with zero attached hydrogens (tertiary/aromatic N) is 2. The van der Waals surface area contributed by atoms with E-state index in [1.54, 1.807) is 101 Å². The number of carbonyl (C=O) groups excluding carboxylic acids is 2. The van der Waals surface area contributed by atoms with Gasteiger partial charge in [0.1, 0.15) is 18.1 Å². The Balaban J connectivity index is 0.854. The standard InChI is InChI=1S/C46H44N4O9/c51-39-19-17-37(38-18-20-41(53)48-42(38)39)40(52)28-47-22-21-30-9-13-32(14-10-30)43(54)49-23-25-50(26-24-49)44(55)33-15-11-31(12-16-33)29-59-36-8-4-7-35(27-36)46(58,45(56)57)34-5-2-1-3-6-34/h1-20,27,40,47,51-52,58H,21-26,28-29H2,(H,48,53)(H,56,57)/t40-,46-/m0/s1. The van der Waals surface area contributed by atoms with Gasteiger partial charge in [-0.15, -0.1) is 0 Å². The summed E-state index contributed by atoms with van der Waals surface area (Å²) in [5.74, 6) is -1.32. The highest BCUT2D eigenvalue weighted by Crippen LogP contribution is 2.32.